The number of carbonyl (C=O) groups is 1. The zero-order chi connectivity index (χ0) is 18.9. The normalized spacial score (nSPS) is 17.2. The van der Waals surface area contributed by atoms with Crippen LogP contribution in [-0.4, -0.2) is 53.9 Å². The lowest BCUT2D eigenvalue weighted by Gasteiger charge is -2.30. The van der Waals surface area contributed by atoms with Gasteiger partial charge >= 0.3 is 0 Å². The fraction of sp³-hybridized carbons (Fsp3) is 0.550. The minimum absolute atomic E-state index is 0.0237. The molecular weight excluding hydrogens is 346 g/mol. The standard InChI is InChI=1S/C20H27N3O4/c1-2-25-15-19(24)23-11-6-9-17(13-23)20-21-18(22-27-20)10-12-26-14-16-7-4-3-5-8-16/h3-5,7-8,17H,2,6,9-15H2,1H3. The highest BCUT2D eigenvalue weighted by Crippen LogP contribution is 2.25. The van der Waals surface area contributed by atoms with Crippen molar-refractivity contribution in [2.45, 2.75) is 38.7 Å². The van der Waals surface area contributed by atoms with Crippen molar-refractivity contribution in [1.29, 1.82) is 0 Å². The lowest BCUT2D eigenvalue weighted by molar-refractivity contribution is -0.137. The third-order valence-electron chi connectivity index (χ3n) is 4.62. The third kappa shape index (κ3) is 5.87. The Balaban J connectivity index is 1.44. The van der Waals surface area contributed by atoms with Gasteiger partial charge in [-0.1, -0.05) is 35.5 Å². The number of ether oxygens (including phenoxy) is 2. The van der Waals surface area contributed by atoms with E-state index in [9.17, 15) is 4.79 Å². The molecule has 1 amide bonds. The number of piperidine rings is 1. The van der Waals surface area contributed by atoms with Crippen LogP contribution >= 0.6 is 0 Å². The second-order valence-electron chi connectivity index (χ2n) is 6.65. The van der Waals surface area contributed by atoms with E-state index in [1.165, 1.54) is 0 Å². The number of hydrogen-bond acceptors (Lipinski definition) is 6. The van der Waals surface area contributed by atoms with Gasteiger partial charge in [0.2, 0.25) is 11.8 Å². The first-order valence-corrected chi connectivity index (χ1v) is 9.56. The van der Waals surface area contributed by atoms with E-state index in [2.05, 4.69) is 10.1 Å². The second kappa shape index (κ2) is 10.2. The average Bonchev–Trinajstić information content (AvgIpc) is 3.19. The number of carbonyl (C=O) groups excluding carboxylic acids is 1. The molecule has 1 unspecified atom stereocenters. The molecule has 1 fully saturated rings. The van der Waals surface area contributed by atoms with Gasteiger partial charge in [0.25, 0.3) is 0 Å². The molecule has 0 aliphatic carbocycles. The van der Waals surface area contributed by atoms with Gasteiger partial charge in [-0.2, -0.15) is 4.98 Å². The SMILES string of the molecule is CCOCC(=O)N1CCCC(c2nc(CCOCc3ccccc3)no2)C1. The Bertz CT molecular complexity index is 704. The van der Waals surface area contributed by atoms with Crippen molar-refractivity contribution >= 4 is 5.91 Å². The zero-order valence-corrected chi connectivity index (χ0v) is 15.8. The van der Waals surface area contributed by atoms with Gasteiger partial charge in [-0.05, 0) is 25.3 Å². The maximum absolute atomic E-state index is 12.1. The van der Waals surface area contributed by atoms with E-state index in [0.717, 1.165) is 24.9 Å². The van der Waals surface area contributed by atoms with Crippen molar-refractivity contribution in [3.63, 3.8) is 0 Å². The quantitative estimate of drug-likeness (QED) is 0.629. The van der Waals surface area contributed by atoms with Gasteiger partial charge in [0.15, 0.2) is 5.82 Å². The van der Waals surface area contributed by atoms with Crippen LogP contribution in [0.2, 0.25) is 0 Å². The Morgan fingerprint density at radius 1 is 1.30 bits per heavy atom. The lowest BCUT2D eigenvalue weighted by atomic mass is 9.98. The molecule has 0 N–H and O–H groups in total. The second-order valence-corrected chi connectivity index (χ2v) is 6.65. The van der Waals surface area contributed by atoms with Crippen LogP contribution in [0.25, 0.3) is 0 Å². The van der Waals surface area contributed by atoms with Crippen molar-refractivity contribution in [3.8, 4) is 0 Å². The molecule has 7 nitrogen and oxygen atoms in total. The molecule has 2 aromatic rings. The van der Waals surface area contributed by atoms with Gasteiger partial charge in [0.1, 0.15) is 6.61 Å². The van der Waals surface area contributed by atoms with Crippen LogP contribution in [0, 0.1) is 0 Å². The van der Waals surface area contributed by atoms with Crippen LogP contribution in [0.4, 0.5) is 0 Å². The Morgan fingerprint density at radius 3 is 2.96 bits per heavy atom. The molecule has 0 spiro atoms. The summed E-state index contributed by atoms with van der Waals surface area (Å²) in [6, 6.07) is 10.1. The minimum Gasteiger partial charge on any atom is -0.376 e. The molecule has 146 valence electrons. The molecule has 1 saturated heterocycles. The lowest BCUT2D eigenvalue weighted by Crippen LogP contribution is -2.41. The van der Waals surface area contributed by atoms with Gasteiger partial charge in [0.05, 0.1) is 19.1 Å². The molecule has 0 saturated carbocycles. The van der Waals surface area contributed by atoms with Crippen LogP contribution in [0.1, 0.15) is 43.0 Å². The Morgan fingerprint density at radius 2 is 2.15 bits per heavy atom. The van der Waals surface area contributed by atoms with Gasteiger partial charge in [-0.3, -0.25) is 4.79 Å². The van der Waals surface area contributed by atoms with Gasteiger partial charge < -0.3 is 18.9 Å². The summed E-state index contributed by atoms with van der Waals surface area (Å²) in [5, 5.41) is 4.06. The summed E-state index contributed by atoms with van der Waals surface area (Å²) in [7, 11) is 0. The monoisotopic (exact) mass is 373 g/mol. The molecule has 0 bridgehead atoms. The van der Waals surface area contributed by atoms with Crippen molar-refractivity contribution < 1.29 is 18.8 Å². The molecular formula is C20H27N3O4. The summed E-state index contributed by atoms with van der Waals surface area (Å²) < 4.78 is 16.3. The Hall–Kier alpha value is -2.25. The Labute approximate surface area is 159 Å². The first-order chi connectivity index (χ1) is 13.3. The Kier molecular flexibility index (Phi) is 7.36. The number of hydrogen-bond donors (Lipinski definition) is 0. The predicted molar refractivity (Wildman–Crippen MR) is 99.1 cm³/mol. The number of aromatic nitrogens is 2. The number of benzene rings is 1. The van der Waals surface area contributed by atoms with E-state index in [-0.39, 0.29) is 18.4 Å². The van der Waals surface area contributed by atoms with Crippen LogP contribution in [-0.2, 0) is 27.3 Å². The molecule has 1 aromatic heterocycles. The summed E-state index contributed by atoms with van der Waals surface area (Å²) in [6.45, 7) is 5.05. The molecule has 7 heteroatoms. The fourth-order valence-electron chi connectivity index (χ4n) is 3.15. The van der Waals surface area contributed by atoms with Gasteiger partial charge in [0, 0.05) is 26.1 Å². The van der Waals surface area contributed by atoms with Crippen LogP contribution in [0.15, 0.2) is 34.9 Å². The summed E-state index contributed by atoms with van der Waals surface area (Å²) in [6.07, 6.45) is 2.49. The number of likely N-dealkylation sites (tertiary alicyclic amines) is 1. The van der Waals surface area contributed by atoms with Crippen molar-refractivity contribution in [2.75, 3.05) is 32.9 Å². The molecule has 3 rings (SSSR count). The number of nitrogens with zero attached hydrogens (tertiary/aromatic N) is 3. The molecule has 0 radical (unpaired) electrons. The molecule has 1 aliphatic rings. The summed E-state index contributed by atoms with van der Waals surface area (Å²) >= 11 is 0. The van der Waals surface area contributed by atoms with Gasteiger partial charge in [-0.25, -0.2) is 0 Å². The number of amides is 1. The highest BCUT2D eigenvalue weighted by Gasteiger charge is 2.28. The molecule has 1 atom stereocenters. The van der Waals surface area contributed by atoms with E-state index in [0.29, 0.717) is 44.5 Å². The van der Waals surface area contributed by atoms with E-state index >= 15 is 0 Å². The highest BCUT2D eigenvalue weighted by atomic mass is 16.5. The largest absolute Gasteiger partial charge is 0.376 e. The van der Waals surface area contributed by atoms with Crippen LogP contribution < -0.4 is 0 Å². The van der Waals surface area contributed by atoms with Crippen molar-refractivity contribution in [2.24, 2.45) is 0 Å². The van der Waals surface area contributed by atoms with Crippen molar-refractivity contribution in [1.82, 2.24) is 15.0 Å². The van der Waals surface area contributed by atoms with Crippen LogP contribution in [0.5, 0.6) is 0 Å². The van der Waals surface area contributed by atoms with E-state index < -0.39 is 0 Å². The fourth-order valence-corrected chi connectivity index (χ4v) is 3.15. The maximum Gasteiger partial charge on any atom is 0.248 e. The summed E-state index contributed by atoms with van der Waals surface area (Å²) in [5.41, 5.74) is 1.14. The summed E-state index contributed by atoms with van der Waals surface area (Å²) in [5.74, 6) is 1.38. The minimum atomic E-state index is 0.0237. The van der Waals surface area contributed by atoms with Crippen molar-refractivity contribution in [3.05, 3.63) is 47.6 Å². The molecule has 2 heterocycles. The zero-order valence-electron chi connectivity index (χ0n) is 15.8. The molecule has 27 heavy (non-hydrogen) atoms. The topological polar surface area (TPSA) is 77.7 Å². The molecule has 1 aliphatic heterocycles. The smallest absolute Gasteiger partial charge is 0.248 e. The first kappa shape index (κ1) is 19.5. The summed E-state index contributed by atoms with van der Waals surface area (Å²) in [4.78, 5) is 18.5. The highest BCUT2D eigenvalue weighted by molar-refractivity contribution is 5.77. The first-order valence-electron chi connectivity index (χ1n) is 9.56. The number of rotatable bonds is 9. The predicted octanol–water partition coefficient (Wildman–Crippen LogP) is 2.57. The van der Waals surface area contributed by atoms with E-state index in [1.54, 1.807) is 0 Å². The van der Waals surface area contributed by atoms with E-state index in [4.69, 9.17) is 14.0 Å². The van der Waals surface area contributed by atoms with Crippen LogP contribution in [0.3, 0.4) is 0 Å². The molecule has 1 aromatic carbocycles. The average molecular weight is 373 g/mol. The third-order valence-corrected chi connectivity index (χ3v) is 4.62. The van der Waals surface area contributed by atoms with Gasteiger partial charge in [-0.15, -0.1) is 0 Å². The maximum atomic E-state index is 12.1. The van der Waals surface area contributed by atoms with E-state index in [1.807, 2.05) is 42.2 Å².